The van der Waals surface area contributed by atoms with Crippen LogP contribution in [0.4, 0.5) is 22.0 Å². The van der Waals surface area contributed by atoms with Crippen LogP contribution in [0.2, 0.25) is 0 Å². The van der Waals surface area contributed by atoms with Crippen LogP contribution in [0.3, 0.4) is 0 Å². The molecule has 0 spiro atoms. The molecule has 0 bridgehead atoms. The predicted molar refractivity (Wildman–Crippen MR) is 61.2 cm³/mol. The number of hydrogen-bond donors (Lipinski definition) is 0. The monoisotopic (exact) mass is 289 g/mol. The number of rotatable bonds is 2. The van der Waals surface area contributed by atoms with Crippen molar-refractivity contribution < 1.29 is 22.0 Å². The van der Waals surface area contributed by atoms with Gasteiger partial charge in [-0.1, -0.05) is 12.1 Å². The molecule has 7 heteroatoms. The topological polar surface area (TPSA) is 22.0 Å². The van der Waals surface area contributed by atoms with Crippen LogP contribution in [0, 0.1) is 11.6 Å². The van der Waals surface area contributed by atoms with Gasteiger partial charge in [-0.2, -0.15) is 13.2 Å². The molecular weight excluding hydrogens is 281 g/mol. The van der Waals surface area contributed by atoms with Crippen molar-refractivity contribution in [2.24, 2.45) is 0 Å². The molecule has 0 aliphatic carbocycles. The molecule has 0 aliphatic heterocycles. The van der Waals surface area contributed by atoms with E-state index < -0.39 is 35.5 Å². The van der Waals surface area contributed by atoms with Gasteiger partial charge in [0.1, 0.15) is 5.56 Å². The summed E-state index contributed by atoms with van der Waals surface area (Å²) in [6.07, 6.45) is -3.71. The van der Waals surface area contributed by atoms with Crippen LogP contribution in [0.25, 0.3) is 0 Å². The van der Waals surface area contributed by atoms with Gasteiger partial charge in [0.2, 0.25) is 0 Å². The minimum absolute atomic E-state index is 0.202. The largest absolute Gasteiger partial charge is 0.421 e. The molecule has 1 heterocycles. The molecule has 0 unspecified atom stereocenters. The second kappa shape index (κ2) is 5.07. The molecule has 0 saturated heterocycles. The number of alkyl halides is 3. The first-order chi connectivity index (χ1) is 9.30. The fourth-order valence-corrected chi connectivity index (χ4v) is 1.73. The van der Waals surface area contributed by atoms with Crippen molar-refractivity contribution in [3.63, 3.8) is 0 Å². The number of pyridine rings is 1. The van der Waals surface area contributed by atoms with Crippen molar-refractivity contribution in [1.82, 2.24) is 4.57 Å². The lowest BCUT2D eigenvalue weighted by atomic mass is 10.2. The smallest absolute Gasteiger partial charge is 0.310 e. The Morgan fingerprint density at radius 2 is 1.75 bits per heavy atom. The Morgan fingerprint density at radius 1 is 1.05 bits per heavy atom. The fraction of sp³-hybridized carbons (Fsp3) is 0.154. The molecule has 0 amide bonds. The highest BCUT2D eigenvalue weighted by Gasteiger charge is 2.34. The van der Waals surface area contributed by atoms with Crippen LogP contribution in [-0.2, 0) is 12.7 Å². The van der Waals surface area contributed by atoms with Crippen LogP contribution in [0.5, 0.6) is 0 Å². The molecule has 1 aromatic carbocycles. The second-order valence-corrected chi connectivity index (χ2v) is 4.07. The summed E-state index contributed by atoms with van der Waals surface area (Å²) in [6.45, 7) is -0.480. The first kappa shape index (κ1) is 14.2. The van der Waals surface area contributed by atoms with Gasteiger partial charge in [0, 0.05) is 11.8 Å². The molecule has 0 radical (unpaired) electrons. The number of benzene rings is 1. The van der Waals surface area contributed by atoms with Crippen LogP contribution in [0.15, 0.2) is 41.3 Å². The average Bonchev–Trinajstić information content (AvgIpc) is 2.36. The summed E-state index contributed by atoms with van der Waals surface area (Å²) >= 11 is 0. The van der Waals surface area contributed by atoms with Gasteiger partial charge in [0.05, 0.1) is 6.54 Å². The summed E-state index contributed by atoms with van der Waals surface area (Å²) < 4.78 is 64.8. The van der Waals surface area contributed by atoms with E-state index in [0.29, 0.717) is 10.6 Å². The zero-order valence-electron chi connectivity index (χ0n) is 9.92. The zero-order valence-corrected chi connectivity index (χ0v) is 9.92. The normalized spacial score (nSPS) is 11.7. The number of nitrogens with zero attached hydrogens (tertiary/aromatic N) is 1. The molecular formula is C13H8F5NO. The summed E-state index contributed by atoms with van der Waals surface area (Å²) in [5.74, 6) is -2.31. The van der Waals surface area contributed by atoms with E-state index in [1.807, 2.05) is 0 Å². The molecule has 2 nitrogen and oxygen atoms in total. The molecule has 1 aromatic heterocycles. The molecule has 2 rings (SSSR count). The van der Waals surface area contributed by atoms with Gasteiger partial charge in [-0.3, -0.25) is 4.79 Å². The maximum atomic E-state index is 13.4. The highest BCUT2D eigenvalue weighted by atomic mass is 19.4. The average molecular weight is 289 g/mol. The molecule has 0 saturated carbocycles. The van der Waals surface area contributed by atoms with Crippen LogP contribution in [0.1, 0.15) is 11.1 Å². The second-order valence-electron chi connectivity index (χ2n) is 4.07. The van der Waals surface area contributed by atoms with Crippen molar-refractivity contribution in [3.8, 4) is 0 Å². The summed E-state index contributed by atoms with van der Waals surface area (Å²) in [5, 5.41) is 0. The fourth-order valence-electron chi connectivity index (χ4n) is 1.73. The lowest BCUT2D eigenvalue weighted by Gasteiger charge is -2.11. The van der Waals surface area contributed by atoms with Crippen molar-refractivity contribution in [2.75, 3.05) is 0 Å². The van der Waals surface area contributed by atoms with Gasteiger partial charge in [-0.15, -0.1) is 0 Å². The van der Waals surface area contributed by atoms with E-state index in [0.717, 1.165) is 18.3 Å². The molecule has 2 aromatic rings. The highest BCUT2D eigenvalue weighted by molar-refractivity contribution is 5.21. The van der Waals surface area contributed by atoms with E-state index in [9.17, 15) is 26.7 Å². The SMILES string of the molecule is O=c1c(C(F)(F)F)cccn1Cc1cccc(F)c1F. The Balaban J connectivity index is 2.45. The van der Waals surface area contributed by atoms with Gasteiger partial charge in [0.15, 0.2) is 11.6 Å². The molecule has 0 N–H and O–H groups in total. The summed E-state index contributed by atoms with van der Waals surface area (Å²) in [6, 6.07) is 4.97. The molecule has 0 aliphatic rings. The minimum atomic E-state index is -4.79. The van der Waals surface area contributed by atoms with E-state index in [-0.39, 0.29) is 5.56 Å². The van der Waals surface area contributed by atoms with Gasteiger partial charge in [-0.25, -0.2) is 8.78 Å². The zero-order chi connectivity index (χ0) is 14.9. The summed E-state index contributed by atoms with van der Waals surface area (Å²) in [5.41, 5.74) is -2.85. The van der Waals surface area contributed by atoms with Crippen LogP contribution < -0.4 is 5.56 Å². The minimum Gasteiger partial charge on any atom is -0.310 e. The van der Waals surface area contributed by atoms with Gasteiger partial charge < -0.3 is 4.57 Å². The lowest BCUT2D eigenvalue weighted by Crippen LogP contribution is -2.28. The van der Waals surface area contributed by atoms with Crippen molar-refractivity contribution in [3.05, 3.63) is 69.6 Å². The van der Waals surface area contributed by atoms with E-state index >= 15 is 0 Å². The Kier molecular flexibility index (Phi) is 3.61. The molecule has 0 fully saturated rings. The van der Waals surface area contributed by atoms with E-state index in [4.69, 9.17) is 0 Å². The summed E-state index contributed by atoms with van der Waals surface area (Å²) in [7, 11) is 0. The lowest BCUT2D eigenvalue weighted by molar-refractivity contribution is -0.138. The predicted octanol–water partition coefficient (Wildman–Crippen LogP) is 3.19. The maximum Gasteiger partial charge on any atom is 0.421 e. The van der Waals surface area contributed by atoms with E-state index in [2.05, 4.69) is 0 Å². The van der Waals surface area contributed by atoms with Gasteiger partial charge in [-0.05, 0) is 18.2 Å². The van der Waals surface area contributed by atoms with E-state index in [1.165, 1.54) is 12.1 Å². The quantitative estimate of drug-likeness (QED) is 0.778. The first-order valence-corrected chi connectivity index (χ1v) is 5.50. The van der Waals surface area contributed by atoms with Gasteiger partial charge >= 0.3 is 6.18 Å². The van der Waals surface area contributed by atoms with Crippen molar-refractivity contribution in [1.29, 1.82) is 0 Å². The standard InChI is InChI=1S/C13H8F5NO/c14-10-5-1-3-8(11(10)15)7-19-6-2-4-9(12(19)20)13(16,17)18/h1-6H,7H2. The Labute approximate surface area is 110 Å². The third-order valence-electron chi connectivity index (χ3n) is 2.70. The molecule has 20 heavy (non-hydrogen) atoms. The Morgan fingerprint density at radius 3 is 2.40 bits per heavy atom. The third-order valence-corrected chi connectivity index (χ3v) is 2.70. The van der Waals surface area contributed by atoms with Gasteiger partial charge in [0.25, 0.3) is 5.56 Å². The number of aromatic nitrogens is 1. The van der Waals surface area contributed by atoms with Crippen LogP contribution in [-0.4, -0.2) is 4.57 Å². The van der Waals surface area contributed by atoms with Crippen LogP contribution >= 0.6 is 0 Å². The highest BCUT2D eigenvalue weighted by Crippen LogP contribution is 2.26. The molecule has 106 valence electrons. The summed E-state index contributed by atoms with van der Waals surface area (Å²) in [4.78, 5) is 11.6. The molecule has 0 atom stereocenters. The Bertz CT molecular complexity index is 690. The van der Waals surface area contributed by atoms with Crippen molar-refractivity contribution in [2.45, 2.75) is 12.7 Å². The van der Waals surface area contributed by atoms with E-state index in [1.54, 1.807) is 0 Å². The third kappa shape index (κ3) is 2.71. The maximum absolute atomic E-state index is 13.4. The van der Waals surface area contributed by atoms with Crippen molar-refractivity contribution >= 4 is 0 Å². The number of halogens is 5. The first-order valence-electron chi connectivity index (χ1n) is 5.50. The number of hydrogen-bond acceptors (Lipinski definition) is 1. The Hall–Kier alpha value is -2.18.